The molecule has 76 valence electrons. The van der Waals surface area contributed by atoms with Crippen LogP contribution in [-0.2, 0) is 0 Å². The molecule has 3 nitrogen and oxygen atoms in total. The molecule has 0 aromatic carbocycles. The van der Waals surface area contributed by atoms with E-state index in [1.807, 2.05) is 6.92 Å². The molecule has 0 bridgehead atoms. The summed E-state index contributed by atoms with van der Waals surface area (Å²) in [6.07, 6.45) is 3.82. The lowest BCUT2D eigenvalue weighted by atomic mass is 9.93. The Labute approximate surface area is 84.9 Å². The Kier molecular flexibility index (Phi) is 4.45. The van der Waals surface area contributed by atoms with Crippen molar-refractivity contribution in [2.75, 3.05) is 6.54 Å². The largest absolute Gasteiger partial charge is 0.393 e. The molecular formula is C9H18N2OS. The molecule has 2 atom stereocenters. The van der Waals surface area contributed by atoms with Gasteiger partial charge in [-0.25, -0.2) is 0 Å². The maximum absolute atomic E-state index is 9.42. The van der Waals surface area contributed by atoms with Crippen molar-refractivity contribution >= 4 is 17.3 Å². The van der Waals surface area contributed by atoms with Gasteiger partial charge in [0.25, 0.3) is 0 Å². The van der Waals surface area contributed by atoms with Gasteiger partial charge in [-0.2, -0.15) is 0 Å². The van der Waals surface area contributed by atoms with Crippen LogP contribution in [0.4, 0.5) is 0 Å². The third-order valence-electron chi connectivity index (χ3n) is 2.32. The Hall–Kier alpha value is -0.350. The van der Waals surface area contributed by atoms with Crippen molar-refractivity contribution in [3.05, 3.63) is 0 Å². The maximum atomic E-state index is 9.42. The first-order valence-corrected chi connectivity index (χ1v) is 5.35. The van der Waals surface area contributed by atoms with E-state index in [4.69, 9.17) is 12.2 Å². The number of hydrogen-bond donors (Lipinski definition) is 3. The van der Waals surface area contributed by atoms with E-state index in [2.05, 4.69) is 10.6 Å². The first kappa shape index (κ1) is 10.7. The van der Waals surface area contributed by atoms with Crippen molar-refractivity contribution in [1.29, 1.82) is 0 Å². The van der Waals surface area contributed by atoms with Crippen molar-refractivity contribution in [2.24, 2.45) is 0 Å². The zero-order valence-corrected chi connectivity index (χ0v) is 8.86. The molecule has 0 aliphatic heterocycles. The van der Waals surface area contributed by atoms with Crippen LogP contribution in [0.25, 0.3) is 0 Å². The standard InChI is InChI=1S/C9H18N2OS/c1-2-10-9(13)11-7-4-3-5-8(12)6-7/h7-8,12H,2-6H2,1H3,(H2,10,11,13). The Morgan fingerprint density at radius 3 is 2.92 bits per heavy atom. The summed E-state index contributed by atoms with van der Waals surface area (Å²) >= 11 is 5.07. The van der Waals surface area contributed by atoms with Gasteiger partial charge in [-0.1, -0.05) is 0 Å². The predicted octanol–water partition coefficient (Wildman–Crippen LogP) is 0.774. The van der Waals surface area contributed by atoms with Crippen molar-refractivity contribution in [3.8, 4) is 0 Å². The second-order valence-corrected chi connectivity index (χ2v) is 3.93. The first-order chi connectivity index (χ1) is 6.22. The molecule has 1 saturated carbocycles. The highest BCUT2D eigenvalue weighted by Gasteiger charge is 2.20. The average Bonchev–Trinajstić information content (AvgIpc) is 2.04. The van der Waals surface area contributed by atoms with E-state index < -0.39 is 0 Å². The molecule has 2 unspecified atom stereocenters. The molecule has 4 heteroatoms. The highest BCUT2D eigenvalue weighted by Crippen LogP contribution is 2.17. The van der Waals surface area contributed by atoms with E-state index in [0.29, 0.717) is 11.2 Å². The van der Waals surface area contributed by atoms with Gasteiger partial charge < -0.3 is 15.7 Å². The lowest BCUT2D eigenvalue weighted by Crippen LogP contribution is -2.44. The van der Waals surface area contributed by atoms with Crippen LogP contribution in [0.2, 0.25) is 0 Å². The third-order valence-corrected chi connectivity index (χ3v) is 2.58. The lowest BCUT2D eigenvalue weighted by molar-refractivity contribution is 0.116. The number of hydrogen-bond acceptors (Lipinski definition) is 2. The maximum Gasteiger partial charge on any atom is 0.166 e. The topological polar surface area (TPSA) is 44.3 Å². The van der Waals surface area contributed by atoms with E-state index in [1.165, 1.54) is 0 Å². The fraction of sp³-hybridized carbons (Fsp3) is 0.889. The number of nitrogens with one attached hydrogen (secondary N) is 2. The van der Waals surface area contributed by atoms with Crippen molar-refractivity contribution in [3.63, 3.8) is 0 Å². The molecule has 1 fully saturated rings. The van der Waals surface area contributed by atoms with Crippen LogP contribution in [0.15, 0.2) is 0 Å². The zero-order valence-electron chi connectivity index (χ0n) is 8.05. The molecule has 0 heterocycles. The van der Waals surface area contributed by atoms with Crippen molar-refractivity contribution in [1.82, 2.24) is 10.6 Å². The highest BCUT2D eigenvalue weighted by molar-refractivity contribution is 7.80. The molecule has 0 radical (unpaired) electrons. The number of thiocarbonyl (C=S) groups is 1. The summed E-state index contributed by atoms with van der Waals surface area (Å²) in [4.78, 5) is 0. The van der Waals surface area contributed by atoms with E-state index in [9.17, 15) is 5.11 Å². The zero-order chi connectivity index (χ0) is 9.68. The van der Waals surface area contributed by atoms with E-state index in [0.717, 1.165) is 32.2 Å². The van der Waals surface area contributed by atoms with Crippen molar-refractivity contribution in [2.45, 2.75) is 44.8 Å². The molecule has 0 spiro atoms. The SMILES string of the molecule is CCNC(=S)NC1CCCC(O)C1. The van der Waals surface area contributed by atoms with Crippen LogP contribution < -0.4 is 10.6 Å². The van der Waals surface area contributed by atoms with Gasteiger partial charge in [0, 0.05) is 12.6 Å². The monoisotopic (exact) mass is 202 g/mol. The minimum Gasteiger partial charge on any atom is -0.393 e. The Morgan fingerprint density at radius 1 is 1.54 bits per heavy atom. The summed E-state index contributed by atoms with van der Waals surface area (Å²) in [6, 6.07) is 0.357. The Bertz CT molecular complexity index is 175. The van der Waals surface area contributed by atoms with Gasteiger partial charge in [-0.3, -0.25) is 0 Å². The summed E-state index contributed by atoms with van der Waals surface area (Å²) in [5.41, 5.74) is 0. The Balaban J connectivity index is 2.23. The van der Waals surface area contributed by atoms with Crippen LogP contribution in [-0.4, -0.2) is 28.9 Å². The van der Waals surface area contributed by atoms with Crippen molar-refractivity contribution < 1.29 is 5.11 Å². The van der Waals surface area contributed by atoms with Crippen LogP contribution in [0.5, 0.6) is 0 Å². The fourth-order valence-corrected chi connectivity index (χ4v) is 2.00. The quantitative estimate of drug-likeness (QED) is 0.579. The first-order valence-electron chi connectivity index (χ1n) is 4.94. The summed E-state index contributed by atoms with van der Waals surface area (Å²) in [5, 5.41) is 16.4. The third kappa shape index (κ3) is 3.91. The van der Waals surface area contributed by atoms with Gasteiger partial charge in [0.1, 0.15) is 0 Å². The molecule has 0 aromatic heterocycles. The Morgan fingerprint density at radius 2 is 2.31 bits per heavy atom. The van der Waals surface area contributed by atoms with Gasteiger partial charge in [-0.05, 0) is 44.8 Å². The predicted molar refractivity (Wildman–Crippen MR) is 57.7 cm³/mol. The van der Waals surface area contributed by atoms with Crippen LogP contribution in [0, 0.1) is 0 Å². The summed E-state index contributed by atoms with van der Waals surface area (Å²) in [7, 11) is 0. The molecular weight excluding hydrogens is 184 g/mol. The number of aliphatic hydroxyl groups is 1. The van der Waals surface area contributed by atoms with Gasteiger partial charge in [0.15, 0.2) is 5.11 Å². The summed E-state index contributed by atoms with van der Waals surface area (Å²) in [5.74, 6) is 0. The van der Waals surface area contributed by atoms with Gasteiger partial charge in [0.05, 0.1) is 6.10 Å². The summed E-state index contributed by atoms with van der Waals surface area (Å²) in [6.45, 7) is 2.87. The van der Waals surface area contributed by atoms with Gasteiger partial charge in [0.2, 0.25) is 0 Å². The van der Waals surface area contributed by atoms with Crippen LogP contribution >= 0.6 is 12.2 Å². The van der Waals surface area contributed by atoms with E-state index >= 15 is 0 Å². The molecule has 0 amide bonds. The average molecular weight is 202 g/mol. The number of rotatable bonds is 2. The smallest absolute Gasteiger partial charge is 0.166 e. The molecule has 0 saturated heterocycles. The van der Waals surface area contributed by atoms with E-state index in [-0.39, 0.29) is 6.10 Å². The second kappa shape index (κ2) is 5.40. The molecule has 1 aliphatic carbocycles. The van der Waals surface area contributed by atoms with Gasteiger partial charge >= 0.3 is 0 Å². The molecule has 1 rings (SSSR count). The second-order valence-electron chi connectivity index (χ2n) is 3.52. The lowest BCUT2D eigenvalue weighted by Gasteiger charge is -2.27. The molecule has 0 aromatic rings. The summed E-state index contributed by atoms with van der Waals surface area (Å²) < 4.78 is 0. The van der Waals surface area contributed by atoms with Crippen LogP contribution in [0.3, 0.4) is 0 Å². The molecule has 3 N–H and O–H groups in total. The highest BCUT2D eigenvalue weighted by atomic mass is 32.1. The number of aliphatic hydroxyl groups excluding tert-OH is 1. The van der Waals surface area contributed by atoms with Gasteiger partial charge in [-0.15, -0.1) is 0 Å². The minimum absolute atomic E-state index is 0.143. The minimum atomic E-state index is -0.143. The molecule has 1 aliphatic rings. The van der Waals surface area contributed by atoms with Crippen LogP contribution in [0.1, 0.15) is 32.6 Å². The van der Waals surface area contributed by atoms with E-state index in [1.54, 1.807) is 0 Å². The molecule has 13 heavy (non-hydrogen) atoms. The normalized spacial score (nSPS) is 28.2. The fourth-order valence-electron chi connectivity index (χ4n) is 1.69.